The summed E-state index contributed by atoms with van der Waals surface area (Å²) < 4.78 is 2.14. The predicted molar refractivity (Wildman–Crippen MR) is 107 cm³/mol. The Kier molecular flexibility index (Phi) is 6.15. The van der Waals surface area contributed by atoms with Gasteiger partial charge in [-0.2, -0.15) is 0 Å². The minimum atomic E-state index is 0.632. The Hall–Kier alpha value is -2.50. The number of hydrogen-bond acceptors (Lipinski definition) is 3. The molecule has 1 fully saturated rings. The van der Waals surface area contributed by atoms with Crippen molar-refractivity contribution in [3.05, 3.63) is 47.9 Å². The summed E-state index contributed by atoms with van der Waals surface area (Å²) >= 11 is 0. The zero-order chi connectivity index (χ0) is 18.4. The highest BCUT2D eigenvalue weighted by Gasteiger charge is 2.13. The van der Waals surface area contributed by atoms with Gasteiger partial charge in [-0.15, -0.1) is 0 Å². The molecule has 2 aromatic rings. The van der Waals surface area contributed by atoms with E-state index in [2.05, 4.69) is 76.1 Å². The zero-order valence-electron chi connectivity index (χ0n) is 16.1. The third-order valence-corrected chi connectivity index (χ3v) is 4.80. The van der Waals surface area contributed by atoms with Crippen molar-refractivity contribution in [1.29, 1.82) is 0 Å². The Labute approximate surface area is 156 Å². The Bertz CT molecular complexity index is 712. The van der Waals surface area contributed by atoms with Crippen molar-refractivity contribution < 1.29 is 0 Å². The van der Waals surface area contributed by atoms with Gasteiger partial charge >= 0.3 is 0 Å². The molecule has 0 unspecified atom stereocenters. The van der Waals surface area contributed by atoms with Crippen LogP contribution in [0, 0.1) is 0 Å². The Morgan fingerprint density at radius 1 is 1.27 bits per heavy atom. The van der Waals surface area contributed by atoms with E-state index < -0.39 is 0 Å². The first-order chi connectivity index (χ1) is 12.7. The average molecular weight is 355 g/mol. The molecule has 3 rings (SSSR count). The Morgan fingerprint density at radius 2 is 2.08 bits per heavy atom. The van der Waals surface area contributed by atoms with E-state index in [9.17, 15) is 0 Å². The van der Waals surface area contributed by atoms with Crippen molar-refractivity contribution in [2.24, 2.45) is 12.0 Å². The summed E-state index contributed by atoms with van der Waals surface area (Å²) in [5.74, 6) is 2.00. The molecule has 0 atom stereocenters. The molecule has 0 aliphatic carbocycles. The molecule has 140 valence electrons. The molecule has 1 N–H and O–H groups in total. The summed E-state index contributed by atoms with van der Waals surface area (Å²) in [6, 6.07) is 8.48. The fourth-order valence-corrected chi connectivity index (χ4v) is 3.26. The predicted octanol–water partition coefficient (Wildman–Crippen LogP) is 2.62. The van der Waals surface area contributed by atoms with E-state index in [4.69, 9.17) is 4.99 Å². The van der Waals surface area contributed by atoms with E-state index in [0.717, 1.165) is 43.5 Å². The molecule has 6 nitrogen and oxygen atoms in total. The van der Waals surface area contributed by atoms with Gasteiger partial charge in [-0.3, -0.25) is 0 Å². The molecular weight excluding hydrogens is 324 g/mol. The summed E-state index contributed by atoms with van der Waals surface area (Å²) in [4.78, 5) is 13.9. The minimum Gasteiger partial charge on any atom is -0.357 e. The number of pyridine rings is 1. The standard InChI is InChI=1S/C20H30N6/c1-4-21-20(25(3)16-18-8-7-11-24(18)2)23-15-17-9-10-19(22-14-17)26-12-5-6-13-26/h7-11,14H,4-6,12-13,15-16H2,1-3H3,(H,21,23). The molecule has 0 amide bonds. The van der Waals surface area contributed by atoms with Crippen molar-refractivity contribution in [3.63, 3.8) is 0 Å². The third-order valence-electron chi connectivity index (χ3n) is 4.80. The van der Waals surface area contributed by atoms with Crippen LogP contribution in [0.25, 0.3) is 0 Å². The van der Waals surface area contributed by atoms with Crippen LogP contribution < -0.4 is 10.2 Å². The third kappa shape index (κ3) is 4.56. The smallest absolute Gasteiger partial charge is 0.194 e. The summed E-state index contributed by atoms with van der Waals surface area (Å²) in [6.07, 6.45) is 6.57. The van der Waals surface area contributed by atoms with Gasteiger partial charge in [-0.05, 0) is 43.5 Å². The van der Waals surface area contributed by atoms with E-state index in [-0.39, 0.29) is 0 Å². The maximum Gasteiger partial charge on any atom is 0.194 e. The number of rotatable bonds is 6. The van der Waals surface area contributed by atoms with Crippen LogP contribution in [0.4, 0.5) is 5.82 Å². The van der Waals surface area contributed by atoms with E-state index in [0.29, 0.717) is 6.54 Å². The molecule has 0 bridgehead atoms. The fourth-order valence-electron chi connectivity index (χ4n) is 3.26. The van der Waals surface area contributed by atoms with Crippen LogP contribution in [-0.2, 0) is 20.1 Å². The maximum absolute atomic E-state index is 4.79. The summed E-state index contributed by atoms with van der Waals surface area (Å²) in [5, 5.41) is 3.38. The van der Waals surface area contributed by atoms with Gasteiger partial charge in [0.05, 0.1) is 13.1 Å². The summed E-state index contributed by atoms with van der Waals surface area (Å²) in [6.45, 7) is 6.65. The van der Waals surface area contributed by atoms with Gasteiger partial charge in [0.15, 0.2) is 5.96 Å². The first-order valence-electron chi connectivity index (χ1n) is 9.47. The van der Waals surface area contributed by atoms with Gasteiger partial charge in [-0.1, -0.05) is 6.07 Å². The van der Waals surface area contributed by atoms with Gasteiger partial charge in [0.25, 0.3) is 0 Å². The number of hydrogen-bond donors (Lipinski definition) is 1. The Morgan fingerprint density at radius 3 is 2.69 bits per heavy atom. The van der Waals surface area contributed by atoms with Crippen LogP contribution in [-0.4, -0.2) is 47.1 Å². The highest BCUT2D eigenvalue weighted by Crippen LogP contribution is 2.17. The lowest BCUT2D eigenvalue weighted by Gasteiger charge is -2.22. The second-order valence-corrected chi connectivity index (χ2v) is 6.86. The maximum atomic E-state index is 4.79. The van der Waals surface area contributed by atoms with Crippen molar-refractivity contribution in [2.75, 3.05) is 31.6 Å². The minimum absolute atomic E-state index is 0.632. The summed E-state index contributed by atoms with van der Waals surface area (Å²) in [5.41, 5.74) is 2.39. The highest BCUT2D eigenvalue weighted by molar-refractivity contribution is 5.79. The van der Waals surface area contributed by atoms with E-state index >= 15 is 0 Å². The molecule has 0 aromatic carbocycles. The van der Waals surface area contributed by atoms with Crippen LogP contribution in [0.1, 0.15) is 31.0 Å². The number of guanidine groups is 1. The van der Waals surface area contributed by atoms with Crippen molar-refractivity contribution in [2.45, 2.75) is 32.9 Å². The van der Waals surface area contributed by atoms with Crippen molar-refractivity contribution in [3.8, 4) is 0 Å². The second kappa shape index (κ2) is 8.74. The number of aliphatic imine (C=N–C) groups is 1. The molecule has 1 saturated heterocycles. The molecule has 0 saturated carbocycles. The van der Waals surface area contributed by atoms with Gasteiger partial charge in [0, 0.05) is 51.8 Å². The Balaban J connectivity index is 1.63. The lowest BCUT2D eigenvalue weighted by atomic mass is 10.3. The van der Waals surface area contributed by atoms with Gasteiger partial charge < -0.3 is 19.7 Å². The summed E-state index contributed by atoms with van der Waals surface area (Å²) in [7, 11) is 4.14. The topological polar surface area (TPSA) is 48.7 Å². The zero-order valence-corrected chi connectivity index (χ0v) is 16.1. The normalized spacial score (nSPS) is 14.7. The fraction of sp³-hybridized carbons (Fsp3) is 0.500. The monoisotopic (exact) mass is 354 g/mol. The van der Waals surface area contributed by atoms with Gasteiger partial charge in [-0.25, -0.2) is 9.98 Å². The quantitative estimate of drug-likeness (QED) is 0.640. The van der Waals surface area contributed by atoms with Crippen LogP contribution in [0.3, 0.4) is 0 Å². The van der Waals surface area contributed by atoms with Crippen molar-refractivity contribution >= 4 is 11.8 Å². The van der Waals surface area contributed by atoms with E-state index in [1.807, 2.05) is 6.20 Å². The van der Waals surface area contributed by atoms with E-state index in [1.165, 1.54) is 18.5 Å². The largest absolute Gasteiger partial charge is 0.357 e. The molecule has 0 spiro atoms. The molecule has 0 radical (unpaired) electrons. The lowest BCUT2D eigenvalue weighted by Crippen LogP contribution is -2.38. The number of nitrogens with zero attached hydrogens (tertiary/aromatic N) is 5. The molecule has 1 aliphatic rings. The molecule has 6 heteroatoms. The number of nitrogens with one attached hydrogen (secondary N) is 1. The van der Waals surface area contributed by atoms with Gasteiger partial charge in [0.1, 0.15) is 5.82 Å². The molecule has 3 heterocycles. The first-order valence-corrected chi connectivity index (χ1v) is 9.47. The number of anilines is 1. The molecular formula is C20H30N6. The number of aryl methyl sites for hydroxylation is 1. The molecule has 1 aliphatic heterocycles. The number of aromatic nitrogens is 2. The molecule has 2 aromatic heterocycles. The van der Waals surface area contributed by atoms with Crippen LogP contribution in [0.15, 0.2) is 41.7 Å². The SMILES string of the molecule is CCNC(=NCc1ccc(N2CCCC2)nc1)N(C)Cc1cccn1C. The van der Waals surface area contributed by atoms with Crippen LogP contribution >= 0.6 is 0 Å². The first kappa shape index (κ1) is 18.3. The van der Waals surface area contributed by atoms with E-state index in [1.54, 1.807) is 0 Å². The van der Waals surface area contributed by atoms with Gasteiger partial charge in [0.2, 0.25) is 0 Å². The lowest BCUT2D eigenvalue weighted by molar-refractivity contribution is 0.462. The highest BCUT2D eigenvalue weighted by atomic mass is 15.3. The van der Waals surface area contributed by atoms with Crippen LogP contribution in [0.2, 0.25) is 0 Å². The van der Waals surface area contributed by atoms with Crippen molar-refractivity contribution in [1.82, 2.24) is 19.8 Å². The molecule has 26 heavy (non-hydrogen) atoms. The second-order valence-electron chi connectivity index (χ2n) is 6.86. The average Bonchev–Trinajstić information content (AvgIpc) is 3.31. The van der Waals surface area contributed by atoms with Crippen LogP contribution in [0.5, 0.6) is 0 Å².